The summed E-state index contributed by atoms with van der Waals surface area (Å²) in [7, 11) is 3.92. The van der Waals surface area contributed by atoms with Gasteiger partial charge in [-0.1, -0.05) is 73.0 Å². The molecule has 3 aromatic carbocycles. The Morgan fingerprint density at radius 1 is 0.947 bits per heavy atom. The molecule has 0 bridgehead atoms. The highest BCUT2D eigenvalue weighted by atomic mass is 35.5. The van der Waals surface area contributed by atoms with Gasteiger partial charge in [-0.25, -0.2) is 0 Å². The highest BCUT2D eigenvalue weighted by Gasteiger charge is 2.45. The lowest BCUT2D eigenvalue weighted by molar-refractivity contribution is -0.137. The number of benzene rings is 3. The summed E-state index contributed by atoms with van der Waals surface area (Å²) in [5.41, 5.74) is 1.59. The molecule has 38 heavy (non-hydrogen) atoms. The Kier molecular flexibility index (Phi) is 8.00. The van der Waals surface area contributed by atoms with E-state index in [0.717, 1.165) is 48.4 Å². The lowest BCUT2D eigenvalue weighted by Gasteiger charge is -2.44. The average molecular weight is 543 g/mol. The molecule has 1 amide bonds. The molecule has 1 N–H and O–H groups in total. The van der Waals surface area contributed by atoms with Crippen LogP contribution < -0.4 is 5.32 Å². The van der Waals surface area contributed by atoms with Crippen LogP contribution in [0.25, 0.3) is 11.1 Å². The predicted octanol–water partition coefficient (Wildman–Crippen LogP) is 7.57. The van der Waals surface area contributed by atoms with Crippen molar-refractivity contribution < 1.29 is 22.8 Å². The molecule has 1 fully saturated rings. The Morgan fingerprint density at radius 2 is 1.58 bits per heavy atom. The second-order valence-electron chi connectivity index (χ2n) is 10.0. The maximum absolute atomic E-state index is 13.4. The highest BCUT2D eigenvalue weighted by molar-refractivity contribution is 6.34. The van der Waals surface area contributed by atoms with E-state index in [9.17, 15) is 22.8 Å². The summed E-state index contributed by atoms with van der Waals surface area (Å²) in [6.07, 6.45) is -1.07. The van der Waals surface area contributed by atoms with E-state index in [-0.39, 0.29) is 11.3 Å². The third kappa shape index (κ3) is 5.49. The zero-order valence-electron chi connectivity index (χ0n) is 21.5. The van der Waals surface area contributed by atoms with Gasteiger partial charge in [-0.05, 0) is 68.8 Å². The number of carbonyl (C=O) groups is 2. The van der Waals surface area contributed by atoms with Gasteiger partial charge in [0.05, 0.1) is 22.2 Å². The van der Waals surface area contributed by atoms with Crippen LogP contribution in [-0.4, -0.2) is 36.2 Å². The number of amides is 1. The van der Waals surface area contributed by atoms with Crippen molar-refractivity contribution in [3.8, 4) is 11.1 Å². The molecule has 1 atom stereocenters. The maximum atomic E-state index is 13.4. The van der Waals surface area contributed by atoms with Crippen molar-refractivity contribution >= 4 is 23.3 Å². The standard InChI is InChI=1S/C30H30ClF3N2O2/c1-19(37)22-8-6-9-23(18-22)20-12-14-21(15-13-20)27(29(36(2)3)16-4-5-17-29)35-28(38)24-10-7-11-25(26(24)31)30(32,33)34/h6-15,18,27H,4-5,16-17H2,1-3H3,(H,35,38)/t27-/m1/s1. The van der Waals surface area contributed by atoms with Crippen LogP contribution in [0.5, 0.6) is 0 Å². The van der Waals surface area contributed by atoms with E-state index in [0.29, 0.717) is 5.56 Å². The summed E-state index contributed by atoms with van der Waals surface area (Å²) in [6.45, 7) is 1.52. The van der Waals surface area contributed by atoms with E-state index in [1.54, 1.807) is 6.07 Å². The van der Waals surface area contributed by atoms with Crippen molar-refractivity contribution in [2.24, 2.45) is 0 Å². The normalized spacial score (nSPS) is 15.9. The Morgan fingerprint density at radius 3 is 2.16 bits per heavy atom. The van der Waals surface area contributed by atoms with E-state index in [2.05, 4.69) is 10.2 Å². The number of hydrogen-bond acceptors (Lipinski definition) is 3. The van der Waals surface area contributed by atoms with Gasteiger partial charge >= 0.3 is 6.18 Å². The lowest BCUT2D eigenvalue weighted by Crippen LogP contribution is -2.53. The summed E-state index contributed by atoms with van der Waals surface area (Å²) in [4.78, 5) is 27.3. The van der Waals surface area contributed by atoms with Gasteiger partial charge in [0.1, 0.15) is 0 Å². The molecule has 0 aromatic heterocycles. The van der Waals surface area contributed by atoms with Crippen LogP contribution >= 0.6 is 11.6 Å². The molecular weight excluding hydrogens is 513 g/mol. The maximum Gasteiger partial charge on any atom is 0.417 e. The first-order valence-electron chi connectivity index (χ1n) is 12.5. The largest absolute Gasteiger partial charge is 0.417 e. The van der Waals surface area contributed by atoms with Gasteiger partial charge in [0.2, 0.25) is 0 Å². The quantitative estimate of drug-likeness (QED) is 0.313. The Bertz CT molecular complexity index is 1330. The number of alkyl halides is 3. The first-order valence-corrected chi connectivity index (χ1v) is 12.9. The van der Waals surface area contributed by atoms with Crippen LogP contribution in [0.3, 0.4) is 0 Å². The van der Waals surface area contributed by atoms with Gasteiger partial charge < -0.3 is 10.2 Å². The van der Waals surface area contributed by atoms with Gasteiger partial charge in [0, 0.05) is 11.1 Å². The molecule has 0 saturated heterocycles. The van der Waals surface area contributed by atoms with E-state index in [1.807, 2.05) is 56.6 Å². The van der Waals surface area contributed by atoms with Crippen LogP contribution in [0, 0.1) is 0 Å². The second kappa shape index (κ2) is 10.9. The SMILES string of the molecule is CC(=O)c1cccc(-c2ccc([C@@H](NC(=O)c3cccc(C(F)(F)F)c3Cl)C3(N(C)C)CCCC3)cc2)c1. The van der Waals surface area contributed by atoms with Gasteiger partial charge in [-0.3, -0.25) is 9.59 Å². The molecule has 200 valence electrons. The number of nitrogens with zero attached hydrogens (tertiary/aromatic N) is 1. The summed E-state index contributed by atoms with van der Waals surface area (Å²) in [5, 5.41) is 2.43. The number of nitrogens with one attached hydrogen (secondary N) is 1. The minimum absolute atomic E-state index is 0.0198. The van der Waals surface area contributed by atoms with Crippen molar-refractivity contribution in [2.45, 2.75) is 50.4 Å². The van der Waals surface area contributed by atoms with Crippen LogP contribution in [0.4, 0.5) is 13.2 Å². The number of carbonyl (C=O) groups excluding carboxylic acids is 2. The first-order chi connectivity index (χ1) is 17.9. The number of rotatable bonds is 7. The van der Waals surface area contributed by atoms with Gasteiger partial charge in [-0.2, -0.15) is 13.2 Å². The van der Waals surface area contributed by atoms with Crippen LogP contribution in [-0.2, 0) is 6.18 Å². The zero-order chi connectivity index (χ0) is 27.7. The molecule has 0 aliphatic heterocycles. The third-order valence-corrected chi connectivity index (χ3v) is 7.98. The fourth-order valence-corrected chi connectivity index (χ4v) is 5.75. The van der Waals surface area contributed by atoms with Crippen molar-refractivity contribution in [2.75, 3.05) is 14.1 Å². The third-order valence-electron chi connectivity index (χ3n) is 7.57. The Balaban J connectivity index is 1.72. The summed E-state index contributed by atoms with van der Waals surface area (Å²) >= 11 is 6.08. The molecular formula is C30H30ClF3N2O2. The Labute approximate surface area is 225 Å². The summed E-state index contributed by atoms with van der Waals surface area (Å²) < 4.78 is 40.3. The molecule has 8 heteroatoms. The summed E-state index contributed by atoms with van der Waals surface area (Å²) in [5.74, 6) is -0.675. The fourth-order valence-electron chi connectivity index (χ4n) is 5.43. The fraction of sp³-hybridized carbons (Fsp3) is 0.333. The topological polar surface area (TPSA) is 49.4 Å². The highest BCUT2D eigenvalue weighted by Crippen LogP contribution is 2.44. The zero-order valence-corrected chi connectivity index (χ0v) is 22.3. The number of likely N-dealkylation sites (N-methyl/N-ethyl adjacent to an activating group) is 1. The molecule has 0 spiro atoms. The van der Waals surface area contributed by atoms with Crippen LogP contribution in [0.15, 0.2) is 66.7 Å². The van der Waals surface area contributed by atoms with Gasteiger partial charge in [0.25, 0.3) is 5.91 Å². The molecule has 4 nitrogen and oxygen atoms in total. The molecule has 1 saturated carbocycles. The van der Waals surface area contributed by atoms with Crippen LogP contribution in [0.2, 0.25) is 5.02 Å². The van der Waals surface area contributed by atoms with E-state index >= 15 is 0 Å². The summed E-state index contributed by atoms with van der Waals surface area (Å²) in [6, 6.07) is 18.0. The average Bonchev–Trinajstić information content (AvgIpc) is 3.38. The Hall–Kier alpha value is -3.16. The number of hydrogen-bond donors (Lipinski definition) is 1. The lowest BCUT2D eigenvalue weighted by atomic mass is 9.81. The van der Waals surface area contributed by atoms with Gasteiger partial charge in [0.15, 0.2) is 5.78 Å². The van der Waals surface area contributed by atoms with E-state index in [4.69, 9.17) is 11.6 Å². The first kappa shape index (κ1) is 27.9. The number of halogens is 4. The molecule has 3 aromatic rings. The number of Topliss-reactive ketones (excluding diaryl/α,β-unsaturated/α-hetero) is 1. The van der Waals surface area contributed by atoms with E-state index < -0.39 is 34.3 Å². The van der Waals surface area contributed by atoms with Gasteiger partial charge in [-0.15, -0.1) is 0 Å². The molecule has 4 rings (SSSR count). The van der Waals surface area contributed by atoms with Crippen molar-refractivity contribution in [1.82, 2.24) is 10.2 Å². The number of ketones is 1. The molecule has 0 unspecified atom stereocenters. The van der Waals surface area contributed by atoms with E-state index in [1.165, 1.54) is 19.1 Å². The molecule has 0 radical (unpaired) electrons. The minimum atomic E-state index is -4.67. The second-order valence-corrected chi connectivity index (χ2v) is 10.4. The molecule has 1 aliphatic carbocycles. The van der Waals surface area contributed by atoms with Crippen molar-refractivity contribution in [3.63, 3.8) is 0 Å². The van der Waals surface area contributed by atoms with Crippen molar-refractivity contribution in [3.05, 3.63) is 94.0 Å². The monoisotopic (exact) mass is 542 g/mol. The minimum Gasteiger partial charge on any atom is -0.343 e. The van der Waals surface area contributed by atoms with Crippen LogP contribution in [0.1, 0.15) is 70.5 Å². The smallest absolute Gasteiger partial charge is 0.343 e. The molecule has 0 heterocycles. The molecule has 1 aliphatic rings. The predicted molar refractivity (Wildman–Crippen MR) is 143 cm³/mol. The van der Waals surface area contributed by atoms with Crippen molar-refractivity contribution in [1.29, 1.82) is 0 Å².